The fourth-order valence-electron chi connectivity index (χ4n) is 2.25. The van der Waals surface area contributed by atoms with E-state index in [1.807, 2.05) is 27.0 Å². The summed E-state index contributed by atoms with van der Waals surface area (Å²) in [5.41, 5.74) is 0.987. The average molecular weight is 373 g/mol. The Morgan fingerprint density at radius 1 is 1.25 bits per heavy atom. The number of hydrogen-bond acceptors (Lipinski definition) is 4. The van der Waals surface area contributed by atoms with Gasteiger partial charge in [-0.2, -0.15) is 16.5 Å². The Kier molecular flexibility index (Phi) is 8.26. The Morgan fingerprint density at radius 2 is 1.83 bits per heavy atom. The molecular weight excluding hydrogens is 344 g/mol. The molecule has 1 amide bonds. The van der Waals surface area contributed by atoms with Crippen LogP contribution in [0.4, 0.5) is 0 Å². The molecule has 0 bridgehead atoms. The van der Waals surface area contributed by atoms with E-state index < -0.39 is 16.1 Å². The van der Waals surface area contributed by atoms with Crippen molar-refractivity contribution < 1.29 is 13.2 Å². The second-order valence-corrected chi connectivity index (χ2v) is 9.07. The highest BCUT2D eigenvalue weighted by Crippen LogP contribution is 2.14. The number of benzene rings is 1. The third-order valence-corrected chi connectivity index (χ3v) is 5.72. The van der Waals surface area contributed by atoms with E-state index in [1.54, 1.807) is 48.0 Å². The second-order valence-electron chi connectivity index (χ2n) is 6.37. The summed E-state index contributed by atoms with van der Waals surface area (Å²) in [5.74, 6) is 0.837. The van der Waals surface area contributed by atoms with Crippen LogP contribution in [0.25, 0.3) is 0 Å². The van der Waals surface area contributed by atoms with Gasteiger partial charge < -0.3 is 4.90 Å². The predicted molar refractivity (Wildman–Crippen MR) is 101 cm³/mol. The first-order chi connectivity index (χ1) is 11.2. The van der Waals surface area contributed by atoms with Crippen molar-refractivity contribution in [3.05, 3.63) is 29.8 Å². The van der Waals surface area contributed by atoms with E-state index in [-0.39, 0.29) is 16.7 Å². The van der Waals surface area contributed by atoms with Crippen molar-refractivity contribution in [3.8, 4) is 0 Å². The fraction of sp³-hybridized carbons (Fsp3) is 0.588. The molecule has 24 heavy (non-hydrogen) atoms. The topological polar surface area (TPSA) is 66.5 Å². The minimum atomic E-state index is -3.72. The van der Waals surface area contributed by atoms with Gasteiger partial charge in [0.1, 0.15) is 6.04 Å². The third-order valence-electron chi connectivity index (χ3n) is 3.64. The molecule has 7 heteroatoms. The van der Waals surface area contributed by atoms with Gasteiger partial charge in [0, 0.05) is 19.3 Å². The first kappa shape index (κ1) is 21.0. The molecule has 0 saturated carbocycles. The first-order valence-electron chi connectivity index (χ1n) is 8.00. The van der Waals surface area contributed by atoms with Crippen molar-refractivity contribution in [2.24, 2.45) is 5.92 Å². The molecular formula is C17H28N2O3S2. The van der Waals surface area contributed by atoms with Gasteiger partial charge in [-0.25, -0.2) is 8.42 Å². The summed E-state index contributed by atoms with van der Waals surface area (Å²) >= 11 is 1.65. The summed E-state index contributed by atoms with van der Waals surface area (Å²) in [5, 5.41) is 0. The zero-order valence-electron chi connectivity index (χ0n) is 15.1. The quantitative estimate of drug-likeness (QED) is 0.723. The largest absolute Gasteiger partial charge is 0.344 e. The summed E-state index contributed by atoms with van der Waals surface area (Å²) in [7, 11) is -2.01. The highest BCUT2D eigenvalue weighted by Gasteiger charge is 2.28. The van der Waals surface area contributed by atoms with Crippen LogP contribution in [0.1, 0.15) is 25.8 Å². The van der Waals surface area contributed by atoms with Gasteiger partial charge in [0.15, 0.2) is 0 Å². The number of hydrogen-bond donors (Lipinski definition) is 1. The number of nitrogens with one attached hydrogen (secondary N) is 1. The average Bonchev–Trinajstić information content (AvgIpc) is 2.51. The molecule has 0 fully saturated rings. The molecule has 1 aromatic carbocycles. The summed E-state index contributed by atoms with van der Waals surface area (Å²) in [6, 6.07) is 5.87. The van der Waals surface area contributed by atoms with Crippen LogP contribution in [-0.4, -0.2) is 50.9 Å². The van der Waals surface area contributed by atoms with Gasteiger partial charge in [0.2, 0.25) is 15.9 Å². The van der Waals surface area contributed by atoms with E-state index in [4.69, 9.17) is 0 Å². The van der Waals surface area contributed by atoms with Gasteiger partial charge in [-0.3, -0.25) is 4.79 Å². The second kappa shape index (κ2) is 9.44. The number of carbonyl (C=O) groups is 1. The predicted octanol–water partition coefficient (Wildman–Crippen LogP) is 2.51. The SMILES string of the molecule is CSCCN(C)C(=O)[C@H](CC(C)C)NS(=O)(=O)c1ccc(C)cc1. The minimum absolute atomic E-state index is 0.182. The normalized spacial score (nSPS) is 13.1. The van der Waals surface area contributed by atoms with Crippen molar-refractivity contribution >= 4 is 27.7 Å². The number of thioether (sulfide) groups is 1. The monoisotopic (exact) mass is 372 g/mol. The molecule has 1 N–H and O–H groups in total. The van der Waals surface area contributed by atoms with E-state index in [0.717, 1.165) is 11.3 Å². The van der Waals surface area contributed by atoms with Crippen LogP contribution in [-0.2, 0) is 14.8 Å². The van der Waals surface area contributed by atoms with Crippen molar-refractivity contribution in [2.75, 3.05) is 25.6 Å². The lowest BCUT2D eigenvalue weighted by molar-refractivity contribution is -0.131. The van der Waals surface area contributed by atoms with E-state index in [9.17, 15) is 13.2 Å². The molecule has 1 aromatic rings. The Bertz CT molecular complexity index is 628. The maximum atomic E-state index is 12.6. The van der Waals surface area contributed by atoms with E-state index in [1.165, 1.54) is 0 Å². The summed E-state index contributed by atoms with van der Waals surface area (Å²) < 4.78 is 27.8. The first-order valence-corrected chi connectivity index (χ1v) is 10.9. The van der Waals surface area contributed by atoms with Crippen molar-refractivity contribution in [3.63, 3.8) is 0 Å². The number of nitrogens with zero attached hydrogens (tertiary/aromatic N) is 1. The zero-order valence-corrected chi connectivity index (χ0v) is 16.7. The minimum Gasteiger partial charge on any atom is -0.344 e. The number of amides is 1. The Labute approximate surface area is 150 Å². The number of aryl methyl sites for hydroxylation is 1. The number of likely N-dealkylation sites (N-methyl/N-ethyl adjacent to an activating group) is 1. The molecule has 5 nitrogen and oxygen atoms in total. The molecule has 0 aromatic heterocycles. The molecule has 1 rings (SSSR count). The molecule has 0 aliphatic heterocycles. The maximum absolute atomic E-state index is 12.6. The number of carbonyl (C=O) groups excluding carboxylic acids is 1. The molecule has 0 aliphatic rings. The summed E-state index contributed by atoms with van der Waals surface area (Å²) in [6.45, 7) is 6.45. The standard InChI is InChI=1S/C17H28N2O3S2/c1-13(2)12-16(17(20)19(4)10-11-23-5)18-24(21,22)15-8-6-14(3)7-9-15/h6-9,13,16,18H,10-12H2,1-5H3/t16-/m0/s1. The van der Waals surface area contributed by atoms with Gasteiger partial charge in [0.05, 0.1) is 4.90 Å². The molecule has 1 atom stereocenters. The van der Waals surface area contributed by atoms with Gasteiger partial charge in [-0.05, 0) is 37.7 Å². The lowest BCUT2D eigenvalue weighted by Crippen LogP contribution is -2.48. The van der Waals surface area contributed by atoms with E-state index in [2.05, 4.69) is 4.72 Å². The zero-order chi connectivity index (χ0) is 18.3. The molecule has 0 unspecified atom stereocenters. The highest BCUT2D eigenvalue weighted by atomic mass is 32.2. The number of rotatable bonds is 9. The van der Waals surface area contributed by atoms with Crippen LogP contribution in [0.15, 0.2) is 29.2 Å². The molecule has 0 heterocycles. The van der Waals surface area contributed by atoms with E-state index >= 15 is 0 Å². The van der Waals surface area contributed by atoms with Gasteiger partial charge >= 0.3 is 0 Å². The van der Waals surface area contributed by atoms with E-state index in [0.29, 0.717) is 13.0 Å². The maximum Gasteiger partial charge on any atom is 0.241 e. The Hall–Kier alpha value is -1.05. The van der Waals surface area contributed by atoms with Crippen LogP contribution in [0, 0.1) is 12.8 Å². The van der Waals surface area contributed by atoms with Gasteiger partial charge in [-0.15, -0.1) is 0 Å². The molecule has 136 valence electrons. The smallest absolute Gasteiger partial charge is 0.241 e. The molecule has 0 saturated heterocycles. The Morgan fingerprint density at radius 3 is 2.33 bits per heavy atom. The van der Waals surface area contributed by atoms with Crippen LogP contribution >= 0.6 is 11.8 Å². The lowest BCUT2D eigenvalue weighted by Gasteiger charge is -2.25. The van der Waals surface area contributed by atoms with Crippen LogP contribution in [0.3, 0.4) is 0 Å². The van der Waals surface area contributed by atoms with Crippen molar-refractivity contribution in [2.45, 2.75) is 38.1 Å². The van der Waals surface area contributed by atoms with Crippen LogP contribution in [0.2, 0.25) is 0 Å². The van der Waals surface area contributed by atoms with Crippen LogP contribution in [0.5, 0.6) is 0 Å². The summed E-state index contributed by atoms with van der Waals surface area (Å²) in [4.78, 5) is 14.4. The third kappa shape index (κ3) is 6.45. The number of sulfonamides is 1. The molecule has 0 spiro atoms. The van der Waals surface area contributed by atoms with Crippen molar-refractivity contribution in [1.82, 2.24) is 9.62 Å². The Balaban J connectivity index is 2.95. The highest BCUT2D eigenvalue weighted by molar-refractivity contribution is 7.98. The fourth-order valence-corrected chi connectivity index (χ4v) is 3.91. The lowest BCUT2D eigenvalue weighted by atomic mass is 10.0. The van der Waals surface area contributed by atoms with Crippen molar-refractivity contribution in [1.29, 1.82) is 0 Å². The molecule has 0 aliphatic carbocycles. The van der Waals surface area contributed by atoms with Gasteiger partial charge in [-0.1, -0.05) is 31.5 Å². The molecule has 0 radical (unpaired) electrons. The summed E-state index contributed by atoms with van der Waals surface area (Å²) in [6.07, 6.45) is 2.44. The van der Waals surface area contributed by atoms with Gasteiger partial charge in [0.25, 0.3) is 0 Å². The van der Waals surface area contributed by atoms with Crippen LogP contribution < -0.4 is 4.72 Å².